The van der Waals surface area contributed by atoms with E-state index in [9.17, 15) is 9.59 Å². The molecule has 0 saturated carbocycles. The minimum Gasteiger partial charge on any atom is -0.408 e. The van der Waals surface area contributed by atoms with E-state index in [0.29, 0.717) is 36.3 Å². The number of nitrogens with zero attached hydrogens (tertiary/aromatic N) is 2. The molecule has 0 bridgehead atoms. The summed E-state index contributed by atoms with van der Waals surface area (Å²) in [6.07, 6.45) is 0.634. The van der Waals surface area contributed by atoms with Crippen LogP contribution in [0.15, 0.2) is 56.1 Å². The number of carbonyl (C=O) groups excluding carboxylic acids is 1. The van der Waals surface area contributed by atoms with Gasteiger partial charge in [0.15, 0.2) is 5.58 Å². The zero-order valence-corrected chi connectivity index (χ0v) is 18.4. The molecule has 4 rings (SSSR count). The normalized spacial score (nSPS) is 18.9. The monoisotopic (exact) mass is 473 g/mol. The highest BCUT2D eigenvalue weighted by molar-refractivity contribution is 9.10. The summed E-state index contributed by atoms with van der Waals surface area (Å²) in [4.78, 5) is 26.9. The lowest BCUT2D eigenvalue weighted by Gasteiger charge is -2.12. The number of hydrogen-bond acceptors (Lipinski definition) is 6. The SMILES string of the molecule is CN(C)CCn1c(=O)oc2ccc(NC(=O)C3CC(c4ccc(Br)cc4)NN3)cc21. The predicted molar refractivity (Wildman–Crippen MR) is 119 cm³/mol. The molecule has 0 spiro atoms. The van der Waals surface area contributed by atoms with Gasteiger partial charge in [-0.1, -0.05) is 28.1 Å². The highest BCUT2D eigenvalue weighted by atomic mass is 79.9. The summed E-state index contributed by atoms with van der Waals surface area (Å²) in [6, 6.07) is 13.0. The second kappa shape index (κ2) is 8.73. The number of nitrogens with one attached hydrogen (secondary N) is 3. The Balaban J connectivity index is 1.46. The van der Waals surface area contributed by atoms with Crippen LogP contribution in [0.3, 0.4) is 0 Å². The lowest BCUT2D eigenvalue weighted by atomic mass is 10.0. The molecule has 1 fully saturated rings. The summed E-state index contributed by atoms with van der Waals surface area (Å²) < 4.78 is 7.92. The first-order valence-electron chi connectivity index (χ1n) is 9.76. The molecule has 8 nitrogen and oxygen atoms in total. The number of hydrazine groups is 1. The molecule has 2 atom stereocenters. The van der Waals surface area contributed by atoms with E-state index in [1.807, 2.05) is 43.3 Å². The first-order valence-corrected chi connectivity index (χ1v) is 10.6. The smallest absolute Gasteiger partial charge is 0.408 e. The van der Waals surface area contributed by atoms with Gasteiger partial charge in [-0.25, -0.2) is 15.6 Å². The topological polar surface area (TPSA) is 91.5 Å². The van der Waals surface area contributed by atoms with Crippen molar-refractivity contribution in [2.75, 3.05) is 26.0 Å². The molecule has 3 N–H and O–H groups in total. The van der Waals surface area contributed by atoms with E-state index >= 15 is 0 Å². The molecule has 9 heteroatoms. The van der Waals surface area contributed by atoms with Gasteiger partial charge in [0.25, 0.3) is 0 Å². The Labute approximate surface area is 182 Å². The van der Waals surface area contributed by atoms with Crippen LogP contribution in [0.5, 0.6) is 0 Å². The molecule has 2 aromatic carbocycles. The van der Waals surface area contributed by atoms with Crippen LogP contribution in [-0.4, -0.2) is 42.1 Å². The van der Waals surface area contributed by atoms with E-state index < -0.39 is 5.76 Å². The summed E-state index contributed by atoms with van der Waals surface area (Å²) in [5.41, 5.74) is 9.18. The fourth-order valence-electron chi connectivity index (χ4n) is 3.52. The van der Waals surface area contributed by atoms with Gasteiger partial charge in [0, 0.05) is 29.3 Å². The van der Waals surface area contributed by atoms with Gasteiger partial charge in [0.05, 0.1) is 5.52 Å². The summed E-state index contributed by atoms with van der Waals surface area (Å²) in [7, 11) is 3.90. The number of amides is 1. The minimum absolute atomic E-state index is 0.0569. The first kappa shape index (κ1) is 20.8. The van der Waals surface area contributed by atoms with E-state index in [1.54, 1.807) is 22.8 Å². The number of rotatable bonds is 6. The number of benzene rings is 2. The van der Waals surface area contributed by atoms with Crippen molar-refractivity contribution in [3.05, 3.63) is 63.1 Å². The van der Waals surface area contributed by atoms with Gasteiger partial charge in [0.1, 0.15) is 6.04 Å². The quantitative estimate of drug-likeness (QED) is 0.509. The van der Waals surface area contributed by atoms with Crippen LogP contribution in [0, 0.1) is 0 Å². The summed E-state index contributed by atoms with van der Waals surface area (Å²) in [5.74, 6) is -0.526. The Hall–Kier alpha value is -2.46. The summed E-state index contributed by atoms with van der Waals surface area (Å²) in [6.45, 7) is 1.22. The highest BCUT2D eigenvalue weighted by Gasteiger charge is 2.30. The number of likely N-dealkylation sites (N-methyl/N-ethyl adjacent to an activating group) is 1. The van der Waals surface area contributed by atoms with Crippen molar-refractivity contribution in [3.63, 3.8) is 0 Å². The Kier molecular flexibility index (Phi) is 6.05. The Morgan fingerprint density at radius 1 is 1.23 bits per heavy atom. The number of halogens is 1. The van der Waals surface area contributed by atoms with Gasteiger partial charge in [-0.15, -0.1) is 0 Å². The molecule has 0 radical (unpaired) electrons. The number of aromatic nitrogens is 1. The maximum absolute atomic E-state index is 12.8. The molecule has 2 unspecified atom stereocenters. The van der Waals surface area contributed by atoms with E-state index in [2.05, 4.69) is 32.1 Å². The number of carbonyl (C=O) groups is 1. The van der Waals surface area contributed by atoms with Crippen LogP contribution < -0.4 is 21.9 Å². The third-order valence-electron chi connectivity index (χ3n) is 5.20. The first-order chi connectivity index (χ1) is 14.4. The molecule has 1 amide bonds. The third kappa shape index (κ3) is 4.49. The number of anilines is 1. The molecule has 3 aromatic rings. The Morgan fingerprint density at radius 2 is 2.00 bits per heavy atom. The van der Waals surface area contributed by atoms with Crippen LogP contribution in [0.1, 0.15) is 18.0 Å². The standard InChI is InChI=1S/C21H24BrN5O3/c1-26(2)9-10-27-18-11-15(7-8-19(18)30-21(27)29)23-20(28)17-12-16(24-25-17)13-3-5-14(22)6-4-13/h3-8,11,16-17,24-25H,9-10,12H2,1-2H3,(H,23,28). The van der Waals surface area contributed by atoms with Gasteiger partial charge in [-0.3, -0.25) is 9.36 Å². The predicted octanol–water partition coefficient (Wildman–Crippen LogP) is 2.46. The Morgan fingerprint density at radius 3 is 2.73 bits per heavy atom. The molecule has 1 aliphatic rings. The summed E-state index contributed by atoms with van der Waals surface area (Å²) in [5, 5.41) is 2.94. The van der Waals surface area contributed by atoms with Gasteiger partial charge in [0.2, 0.25) is 5.91 Å². The van der Waals surface area contributed by atoms with Gasteiger partial charge in [-0.2, -0.15) is 0 Å². The van der Waals surface area contributed by atoms with Gasteiger partial charge >= 0.3 is 5.76 Å². The summed E-state index contributed by atoms with van der Waals surface area (Å²) >= 11 is 3.44. The van der Waals surface area contributed by atoms with Crippen LogP contribution >= 0.6 is 15.9 Å². The molecular weight excluding hydrogens is 450 g/mol. The van der Waals surface area contributed by atoms with E-state index in [1.165, 1.54) is 0 Å². The van der Waals surface area contributed by atoms with Crippen LogP contribution in [0.2, 0.25) is 0 Å². The molecule has 1 aromatic heterocycles. The Bertz CT molecular complexity index is 1110. The minimum atomic E-state index is -0.394. The molecule has 158 valence electrons. The molecule has 0 aliphatic carbocycles. The molecule has 30 heavy (non-hydrogen) atoms. The number of hydrogen-bond donors (Lipinski definition) is 3. The lowest BCUT2D eigenvalue weighted by Crippen LogP contribution is -2.39. The number of fused-ring (bicyclic) bond motifs is 1. The van der Waals surface area contributed by atoms with E-state index in [-0.39, 0.29) is 18.0 Å². The van der Waals surface area contributed by atoms with Gasteiger partial charge < -0.3 is 14.6 Å². The van der Waals surface area contributed by atoms with Crippen molar-refractivity contribution in [2.24, 2.45) is 0 Å². The maximum atomic E-state index is 12.8. The van der Waals surface area contributed by atoms with Crippen molar-refractivity contribution < 1.29 is 9.21 Å². The van der Waals surface area contributed by atoms with Crippen molar-refractivity contribution in [1.29, 1.82) is 0 Å². The van der Waals surface area contributed by atoms with Crippen molar-refractivity contribution in [1.82, 2.24) is 20.3 Å². The highest BCUT2D eigenvalue weighted by Crippen LogP contribution is 2.25. The van der Waals surface area contributed by atoms with Crippen LogP contribution in [0.25, 0.3) is 11.1 Å². The van der Waals surface area contributed by atoms with Crippen LogP contribution in [-0.2, 0) is 11.3 Å². The molecule has 1 aliphatic heterocycles. The van der Waals surface area contributed by atoms with Crippen molar-refractivity contribution in [2.45, 2.75) is 25.0 Å². The van der Waals surface area contributed by atoms with E-state index in [0.717, 1.165) is 10.0 Å². The zero-order valence-electron chi connectivity index (χ0n) is 16.8. The fraction of sp³-hybridized carbons (Fsp3) is 0.333. The third-order valence-corrected chi connectivity index (χ3v) is 5.73. The van der Waals surface area contributed by atoms with Gasteiger partial charge in [-0.05, 0) is 56.4 Å². The average Bonchev–Trinajstić information content (AvgIpc) is 3.31. The molecular formula is C21H24BrN5O3. The second-order valence-electron chi connectivity index (χ2n) is 7.68. The lowest BCUT2D eigenvalue weighted by molar-refractivity contribution is -0.117. The van der Waals surface area contributed by atoms with Crippen LogP contribution in [0.4, 0.5) is 5.69 Å². The second-order valence-corrected chi connectivity index (χ2v) is 8.59. The molecule has 2 heterocycles. The van der Waals surface area contributed by atoms with E-state index in [4.69, 9.17) is 4.42 Å². The maximum Gasteiger partial charge on any atom is 0.419 e. The fourth-order valence-corrected chi connectivity index (χ4v) is 3.79. The zero-order chi connectivity index (χ0) is 21.3. The average molecular weight is 474 g/mol. The van der Waals surface area contributed by atoms with Crippen molar-refractivity contribution in [3.8, 4) is 0 Å². The molecule has 1 saturated heterocycles. The van der Waals surface area contributed by atoms with Crippen molar-refractivity contribution >= 4 is 38.6 Å². The largest absolute Gasteiger partial charge is 0.419 e. The number of oxazole rings is 1.